The Morgan fingerprint density at radius 1 is 0.808 bits per heavy atom. The highest BCUT2D eigenvalue weighted by molar-refractivity contribution is 7.51. The van der Waals surface area contributed by atoms with E-state index in [1.54, 1.807) is 0 Å². The molecule has 2 aliphatic heterocycles. The van der Waals surface area contributed by atoms with Crippen molar-refractivity contribution in [1.82, 2.24) is 0 Å². The minimum Gasteiger partial charge on any atom is -0.394 e. The summed E-state index contributed by atoms with van der Waals surface area (Å²) < 4.78 is 26.1. The van der Waals surface area contributed by atoms with Crippen molar-refractivity contribution < 1.29 is 64.3 Å². The van der Waals surface area contributed by atoms with Gasteiger partial charge in [0.25, 0.3) is 0 Å². The van der Waals surface area contributed by atoms with E-state index in [2.05, 4.69) is 0 Å². The van der Waals surface area contributed by atoms with Gasteiger partial charge in [-0.15, -0.1) is 0 Å². The maximum absolute atomic E-state index is 11.0. The highest BCUT2D eigenvalue weighted by atomic mass is 31.2. The quantitative estimate of drug-likeness (QED) is 0.195. The lowest BCUT2D eigenvalue weighted by molar-refractivity contribution is -0.359. The van der Waals surface area contributed by atoms with Crippen molar-refractivity contribution in [3.63, 3.8) is 0 Å². The van der Waals surface area contributed by atoms with Crippen LogP contribution in [0.2, 0.25) is 0 Å². The van der Waals surface area contributed by atoms with Gasteiger partial charge < -0.3 is 59.7 Å². The first-order valence-electron chi connectivity index (χ1n) is 7.66. The Morgan fingerprint density at radius 2 is 1.38 bits per heavy atom. The standard InChI is InChI=1S/C12H23O13P/c13-1-3-5(14)7(16)9(18)12(24-3)25-10-8(17)6(15)4(23-11(10)19)2-26(20,21)22/h3-19H,1-2H2,(H2,20,21,22)/t3-,4-,5-,6-,7+,8+,9+,10+,11?,12-/m1/s1. The molecule has 0 spiro atoms. The van der Waals surface area contributed by atoms with Gasteiger partial charge in [0.05, 0.1) is 12.8 Å². The molecule has 2 heterocycles. The van der Waals surface area contributed by atoms with Gasteiger partial charge in [0.2, 0.25) is 0 Å². The van der Waals surface area contributed by atoms with Crippen molar-refractivity contribution in [1.29, 1.82) is 0 Å². The molecular weight excluding hydrogens is 383 g/mol. The molecule has 0 aromatic rings. The average Bonchev–Trinajstić information content (AvgIpc) is 2.55. The molecule has 0 aromatic heterocycles. The highest BCUT2D eigenvalue weighted by Gasteiger charge is 2.50. The summed E-state index contributed by atoms with van der Waals surface area (Å²) in [5.74, 6) is 0. The van der Waals surface area contributed by atoms with Crippen LogP contribution in [0.25, 0.3) is 0 Å². The van der Waals surface area contributed by atoms with Crippen molar-refractivity contribution in [2.75, 3.05) is 12.8 Å². The zero-order valence-electron chi connectivity index (χ0n) is 13.3. The molecule has 2 aliphatic rings. The van der Waals surface area contributed by atoms with Crippen molar-refractivity contribution in [2.24, 2.45) is 0 Å². The molecule has 10 atom stereocenters. The van der Waals surface area contributed by atoms with Gasteiger partial charge >= 0.3 is 7.60 Å². The largest absolute Gasteiger partial charge is 0.394 e. The van der Waals surface area contributed by atoms with E-state index in [9.17, 15) is 35.2 Å². The van der Waals surface area contributed by atoms with Crippen LogP contribution in [0.3, 0.4) is 0 Å². The summed E-state index contributed by atoms with van der Waals surface area (Å²) in [7, 11) is -4.62. The summed E-state index contributed by atoms with van der Waals surface area (Å²) >= 11 is 0. The monoisotopic (exact) mass is 406 g/mol. The minimum atomic E-state index is -4.62. The van der Waals surface area contributed by atoms with Crippen LogP contribution in [0.5, 0.6) is 0 Å². The molecule has 13 nitrogen and oxygen atoms in total. The van der Waals surface area contributed by atoms with E-state index in [1.807, 2.05) is 0 Å². The minimum absolute atomic E-state index is 0.732. The summed E-state index contributed by atoms with van der Waals surface area (Å²) in [5, 5.41) is 68.3. The Bertz CT molecular complexity index is 511. The fourth-order valence-electron chi connectivity index (χ4n) is 2.79. The Hall–Kier alpha value is -0.250. The summed E-state index contributed by atoms with van der Waals surface area (Å²) in [6.07, 6.45) is -18.2. The summed E-state index contributed by atoms with van der Waals surface area (Å²) in [5.41, 5.74) is 0. The summed E-state index contributed by atoms with van der Waals surface area (Å²) in [4.78, 5) is 17.9. The number of hydrogen-bond acceptors (Lipinski definition) is 11. The van der Waals surface area contributed by atoms with Crippen LogP contribution < -0.4 is 0 Å². The van der Waals surface area contributed by atoms with Crippen LogP contribution in [0.15, 0.2) is 0 Å². The number of aliphatic hydroxyl groups is 7. The number of ether oxygens (including phenoxy) is 3. The van der Waals surface area contributed by atoms with E-state index in [1.165, 1.54) is 0 Å². The van der Waals surface area contributed by atoms with E-state index in [-0.39, 0.29) is 0 Å². The first kappa shape index (κ1) is 22.0. The van der Waals surface area contributed by atoms with Crippen molar-refractivity contribution in [3.05, 3.63) is 0 Å². The molecule has 0 aromatic carbocycles. The Balaban J connectivity index is 2.08. The van der Waals surface area contributed by atoms with E-state index in [0.29, 0.717) is 0 Å². The Labute approximate surface area is 147 Å². The third-order valence-electron chi connectivity index (χ3n) is 4.22. The molecule has 2 rings (SSSR count). The van der Waals surface area contributed by atoms with Gasteiger partial charge in [-0.25, -0.2) is 0 Å². The van der Waals surface area contributed by atoms with Gasteiger partial charge in [-0.05, 0) is 0 Å². The molecule has 0 bridgehead atoms. The summed E-state index contributed by atoms with van der Waals surface area (Å²) in [6, 6.07) is 0. The molecule has 0 aliphatic carbocycles. The smallest absolute Gasteiger partial charge is 0.328 e. The zero-order chi connectivity index (χ0) is 19.8. The van der Waals surface area contributed by atoms with Gasteiger partial charge in [-0.2, -0.15) is 0 Å². The van der Waals surface area contributed by atoms with Gasteiger partial charge in [0, 0.05) is 0 Å². The first-order chi connectivity index (χ1) is 12.0. The van der Waals surface area contributed by atoms with Crippen molar-refractivity contribution in [2.45, 2.75) is 61.4 Å². The molecule has 1 unspecified atom stereocenters. The molecular formula is C12H23O13P. The van der Waals surface area contributed by atoms with Crippen LogP contribution in [0, 0.1) is 0 Å². The van der Waals surface area contributed by atoms with Gasteiger partial charge in [-0.3, -0.25) is 4.57 Å². The summed E-state index contributed by atoms with van der Waals surface area (Å²) in [6.45, 7) is -0.732. The molecule has 0 saturated carbocycles. The van der Waals surface area contributed by atoms with E-state index in [4.69, 9.17) is 29.1 Å². The predicted octanol–water partition coefficient (Wildman–Crippen LogP) is -5.21. The van der Waals surface area contributed by atoms with Crippen LogP contribution in [0.1, 0.15) is 0 Å². The van der Waals surface area contributed by atoms with Crippen LogP contribution in [-0.2, 0) is 18.8 Å². The molecule has 9 N–H and O–H groups in total. The molecule has 154 valence electrons. The number of rotatable bonds is 5. The van der Waals surface area contributed by atoms with Crippen LogP contribution in [-0.4, -0.2) is 120 Å². The maximum Gasteiger partial charge on any atom is 0.328 e. The van der Waals surface area contributed by atoms with Crippen LogP contribution in [0.4, 0.5) is 0 Å². The zero-order valence-corrected chi connectivity index (χ0v) is 14.2. The SMILES string of the molecule is O=P(O)(O)C[C@H]1OC(O)[C@@H](O[C@H]2O[C@H](CO)[C@@H](O)[C@H](O)[C@@H]2O)[C@@H](O)[C@@H]1O. The third kappa shape index (κ3) is 4.77. The van der Waals surface area contributed by atoms with Gasteiger partial charge in [0.1, 0.15) is 48.8 Å². The second-order valence-corrected chi connectivity index (χ2v) is 7.89. The topological polar surface area (TPSA) is 227 Å². The molecule has 14 heteroatoms. The van der Waals surface area contributed by atoms with E-state index < -0.39 is 81.8 Å². The van der Waals surface area contributed by atoms with E-state index >= 15 is 0 Å². The number of aliphatic hydroxyl groups excluding tert-OH is 7. The molecule has 0 amide bonds. The predicted molar refractivity (Wildman–Crippen MR) is 78.4 cm³/mol. The number of hydrogen-bond donors (Lipinski definition) is 9. The van der Waals surface area contributed by atoms with E-state index in [0.717, 1.165) is 0 Å². The highest BCUT2D eigenvalue weighted by Crippen LogP contribution is 2.39. The molecule has 2 fully saturated rings. The lowest BCUT2D eigenvalue weighted by Crippen LogP contribution is -2.64. The normalized spacial score (nSPS) is 47.7. The lowest BCUT2D eigenvalue weighted by atomic mass is 9.97. The van der Waals surface area contributed by atoms with Crippen molar-refractivity contribution in [3.8, 4) is 0 Å². The van der Waals surface area contributed by atoms with Gasteiger partial charge in [0.15, 0.2) is 12.6 Å². The second-order valence-electron chi connectivity index (χ2n) is 6.19. The Kier molecular flexibility index (Phi) is 7.13. The van der Waals surface area contributed by atoms with Gasteiger partial charge in [-0.1, -0.05) is 0 Å². The third-order valence-corrected chi connectivity index (χ3v) is 5.06. The fraction of sp³-hybridized carbons (Fsp3) is 1.00. The first-order valence-corrected chi connectivity index (χ1v) is 9.46. The molecule has 26 heavy (non-hydrogen) atoms. The van der Waals surface area contributed by atoms with Crippen molar-refractivity contribution >= 4 is 7.60 Å². The lowest BCUT2D eigenvalue weighted by Gasteiger charge is -2.45. The molecule has 2 saturated heterocycles. The maximum atomic E-state index is 11.0. The Morgan fingerprint density at radius 3 is 1.92 bits per heavy atom. The second kappa shape index (κ2) is 8.41. The van der Waals surface area contributed by atoms with Crippen LogP contribution >= 0.6 is 7.60 Å². The molecule has 0 radical (unpaired) electrons. The fourth-order valence-corrected chi connectivity index (χ4v) is 3.56. The average molecular weight is 406 g/mol.